The molecule has 10 heteroatoms. The molecule has 1 aromatic carbocycles. The molecule has 0 bridgehead atoms. The fourth-order valence-electron chi connectivity index (χ4n) is 4.48. The molecule has 2 aliphatic rings. The normalized spacial score (nSPS) is 18.0. The van der Waals surface area contributed by atoms with Crippen LogP contribution in [0.4, 0.5) is 10.1 Å². The Morgan fingerprint density at radius 2 is 2.18 bits per heavy atom. The van der Waals surface area contributed by atoms with E-state index in [0.717, 1.165) is 30.5 Å². The molecule has 3 aromatic rings. The highest BCUT2D eigenvalue weighted by molar-refractivity contribution is 6.33. The van der Waals surface area contributed by atoms with Crippen molar-refractivity contribution in [3.05, 3.63) is 68.7 Å². The molecule has 0 amide bonds. The molecule has 34 heavy (non-hydrogen) atoms. The van der Waals surface area contributed by atoms with Gasteiger partial charge in [0.15, 0.2) is 6.23 Å². The van der Waals surface area contributed by atoms with Crippen molar-refractivity contribution in [3.63, 3.8) is 0 Å². The zero-order valence-electron chi connectivity index (χ0n) is 18.8. The highest BCUT2D eigenvalue weighted by Crippen LogP contribution is 2.34. The van der Waals surface area contributed by atoms with Gasteiger partial charge in [-0.3, -0.25) is 4.79 Å². The van der Waals surface area contributed by atoms with E-state index in [1.54, 1.807) is 18.3 Å². The van der Waals surface area contributed by atoms with Gasteiger partial charge in [0.25, 0.3) is 5.56 Å². The van der Waals surface area contributed by atoms with Crippen molar-refractivity contribution in [2.24, 2.45) is 0 Å². The van der Waals surface area contributed by atoms with Crippen LogP contribution in [0.15, 0.2) is 35.5 Å². The van der Waals surface area contributed by atoms with Crippen molar-refractivity contribution < 1.29 is 13.9 Å². The van der Waals surface area contributed by atoms with Crippen molar-refractivity contribution in [1.29, 1.82) is 0 Å². The summed E-state index contributed by atoms with van der Waals surface area (Å²) in [5.74, 6) is 0.565. The van der Waals surface area contributed by atoms with Gasteiger partial charge >= 0.3 is 0 Å². The Morgan fingerprint density at radius 3 is 2.97 bits per heavy atom. The molecular formula is C24H25ClFN5O3. The monoisotopic (exact) mass is 485 g/mol. The van der Waals surface area contributed by atoms with Crippen LogP contribution in [-0.4, -0.2) is 32.9 Å². The summed E-state index contributed by atoms with van der Waals surface area (Å²) in [6.07, 6.45) is 6.46. The molecule has 0 saturated carbocycles. The van der Waals surface area contributed by atoms with E-state index in [-0.39, 0.29) is 22.6 Å². The molecule has 1 atom stereocenters. The van der Waals surface area contributed by atoms with Crippen molar-refractivity contribution >= 4 is 17.3 Å². The van der Waals surface area contributed by atoms with E-state index >= 15 is 0 Å². The third-order valence-electron chi connectivity index (χ3n) is 6.30. The first kappa shape index (κ1) is 22.7. The van der Waals surface area contributed by atoms with E-state index in [1.165, 1.54) is 17.1 Å². The third-order valence-corrected chi connectivity index (χ3v) is 6.65. The summed E-state index contributed by atoms with van der Waals surface area (Å²) in [7, 11) is 0. The molecule has 1 unspecified atom stereocenters. The molecule has 4 heterocycles. The summed E-state index contributed by atoms with van der Waals surface area (Å²) in [5, 5.41) is 4.47. The Hall–Kier alpha value is -3.04. The SMILES string of the molecule is CCc1c(F)cccc1Oc1ncnc2c1CCN(c1cnn(C3CCCCO3)c(=O)c1Cl)C2. The lowest BCUT2D eigenvalue weighted by atomic mass is 10.1. The minimum atomic E-state index is -0.377. The van der Waals surface area contributed by atoms with Crippen LogP contribution in [0.2, 0.25) is 5.02 Å². The first-order valence-corrected chi connectivity index (χ1v) is 11.9. The van der Waals surface area contributed by atoms with E-state index in [1.807, 2.05) is 11.8 Å². The van der Waals surface area contributed by atoms with Gasteiger partial charge in [-0.25, -0.2) is 14.4 Å². The Morgan fingerprint density at radius 1 is 1.29 bits per heavy atom. The summed E-state index contributed by atoms with van der Waals surface area (Å²) in [5.41, 5.74) is 2.33. The third kappa shape index (κ3) is 4.25. The maximum absolute atomic E-state index is 14.2. The van der Waals surface area contributed by atoms with E-state index < -0.39 is 0 Å². The zero-order chi connectivity index (χ0) is 23.7. The standard InChI is InChI=1S/C24H25ClFN5O3/c1-2-15-17(26)6-5-7-20(15)34-23-16-9-10-30(13-18(16)27-14-28-23)19-12-29-31(24(32)22(19)25)21-8-3-4-11-33-21/h5-7,12,14,21H,2-4,8-11,13H2,1H3. The van der Waals surface area contributed by atoms with Crippen molar-refractivity contribution in [2.75, 3.05) is 18.1 Å². The molecule has 0 radical (unpaired) electrons. The largest absolute Gasteiger partial charge is 0.438 e. The summed E-state index contributed by atoms with van der Waals surface area (Å²) in [4.78, 5) is 23.6. The average Bonchev–Trinajstić information content (AvgIpc) is 2.86. The van der Waals surface area contributed by atoms with Gasteiger partial charge in [0.05, 0.1) is 24.1 Å². The Bertz CT molecular complexity index is 1260. The fourth-order valence-corrected chi connectivity index (χ4v) is 4.73. The van der Waals surface area contributed by atoms with E-state index in [0.29, 0.717) is 55.4 Å². The van der Waals surface area contributed by atoms with Crippen molar-refractivity contribution in [1.82, 2.24) is 19.7 Å². The van der Waals surface area contributed by atoms with Crippen LogP contribution in [-0.2, 0) is 24.1 Å². The first-order chi connectivity index (χ1) is 16.6. The van der Waals surface area contributed by atoms with Gasteiger partial charge in [-0.1, -0.05) is 24.6 Å². The van der Waals surface area contributed by atoms with E-state index in [9.17, 15) is 9.18 Å². The van der Waals surface area contributed by atoms with Crippen LogP contribution in [0.1, 0.15) is 49.2 Å². The smallest absolute Gasteiger partial charge is 0.290 e. The Labute approximate surface area is 201 Å². The lowest BCUT2D eigenvalue weighted by Gasteiger charge is -2.31. The van der Waals surface area contributed by atoms with Gasteiger partial charge < -0.3 is 14.4 Å². The van der Waals surface area contributed by atoms with Gasteiger partial charge in [-0.05, 0) is 44.2 Å². The summed E-state index contributed by atoms with van der Waals surface area (Å²) in [6, 6.07) is 4.78. The number of aromatic nitrogens is 4. The average molecular weight is 486 g/mol. The zero-order valence-corrected chi connectivity index (χ0v) is 19.6. The molecule has 0 spiro atoms. The quantitative estimate of drug-likeness (QED) is 0.528. The number of rotatable bonds is 5. The molecule has 5 rings (SSSR count). The first-order valence-electron chi connectivity index (χ1n) is 11.5. The van der Waals surface area contributed by atoms with Crippen molar-refractivity contribution in [3.8, 4) is 11.6 Å². The lowest BCUT2D eigenvalue weighted by Crippen LogP contribution is -2.36. The van der Waals surface area contributed by atoms with Crippen LogP contribution < -0.4 is 15.2 Å². The summed E-state index contributed by atoms with van der Waals surface area (Å²) >= 11 is 6.50. The van der Waals surface area contributed by atoms with Crippen LogP contribution in [0.3, 0.4) is 0 Å². The van der Waals surface area contributed by atoms with Crippen molar-refractivity contribution in [2.45, 2.75) is 51.8 Å². The van der Waals surface area contributed by atoms with Crippen LogP contribution in [0.5, 0.6) is 11.6 Å². The number of nitrogens with zero attached hydrogens (tertiary/aromatic N) is 5. The lowest BCUT2D eigenvalue weighted by molar-refractivity contribution is -0.0424. The van der Waals surface area contributed by atoms with Gasteiger partial charge in [0.1, 0.15) is 22.9 Å². The van der Waals surface area contributed by atoms with Gasteiger partial charge in [0.2, 0.25) is 5.88 Å². The van der Waals surface area contributed by atoms with Crippen LogP contribution in [0.25, 0.3) is 0 Å². The second-order valence-corrected chi connectivity index (χ2v) is 8.74. The number of ether oxygens (including phenoxy) is 2. The summed E-state index contributed by atoms with van der Waals surface area (Å²) in [6.45, 7) is 3.49. The number of anilines is 1. The minimum absolute atomic E-state index is 0.116. The highest BCUT2D eigenvalue weighted by atomic mass is 35.5. The Balaban J connectivity index is 1.40. The topological polar surface area (TPSA) is 82.4 Å². The Kier molecular flexibility index (Phi) is 6.47. The molecule has 178 valence electrons. The van der Waals surface area contributed by atoms with E-state index in [2.05, 4.69) is 15.1 Å². The minimum Gasteiger partial charge on any atom is -0.438 e. The maximum atomic E-state index is 14.2. The second-order valence-electron chi connectivity index (χ2n) is 8.36. The molecule has 1 saturated heterocycles. The van der Waals surface area contributed by atoms with Crippen LogP contribution >= 0.6 is 11.6 Å². The molecular weight excluding hydrogens is 461 g/mol. The van der Waals surface area contributed by atoms with Gasteiger partial charge in [-0.2, -0.15) is 9.78 Å². The summed E-state index contributed by atoms with van der Waals surface area (Å²) < 4.78 is 27.2. The predicted octanol–water partition coefficient (Wildman–Crippen LogP) is 4.44. The molecule has 2 aliphatic heterocycles. The molecule has 8 nitrogen and oxygen atoms in total. The number of hydrogen-bond acceptors (Lipinski definition) is 7. The van der Waals surface area contributed by atoms with Gasteiger partial charge in [-0.15, -0.1) is 0 Å². The molecule has 2 aromatic heterocycles. The number of benzene rings is 1. The van der Waals surface area contributed by atoms with E-state index in [4.69, 9.17) is 21.1 Å². The molecule has 0 N–H and O–H groups in total. The number of fused-ring (bicyclic) bond motifs is 1. The molecule has 1 fully saturated rings. The maximum Gasteiger partial charge on any atom is 0.290 e. The highest BCUT2D eigenvalue weighted by Gasteiger charge is 2.27. The van der Waals surface area contributed by atoms with Gasteiger partial charge in [0, 0.05) is 24.3 Å². The number of hydrogen-bond donors (Lipinski definition) is 0. The predicted molar refractivity (Wildman–Crippen MR) is 125 cm³/mol. The fraction of sp³-hybridized carbons (Fsp3) is 0.417. The molecule has 0 aliphatic carbocycles. The van der Waals surface area contributed by atoms with Crippen LogP contribution in [0, 0.1) is 5.82 Å². The number of halogens is 2. The second kappa shape index (κ2) is 9.68.